The van der Waals surface area contributed by atoms with Gasteiger partial charge in [0.05, 0.1) is 9.85 Å². The number of nitro groups is 2. The standard InChI is InChI=1S/C30H22N4O7/c35-29(17-7-21-3-1-5-25(19-21)33(37)38)31-23-9-13-27(14-10-23)41-28-15-11-24(12-16-28)32-30(36)18-8-22-4-2-6-26(20-22)34(39)40/h1-20H,(H,31,35)(H,32,36). The van der Waals surface area contributed by atoms with Crippen LogP contribution in [0.5, 0.6) is 11.5 Å². The Morgan fingerprint density at radius 1 is 0.610 bits per heavy atom. The van der Waals surface area contributed by atoms with Crippen LogP contribution >= 0.6 is 0 Å². The number of carbonyl (C=O) groups excluding carboxylic acids is 2. The van der Waals surface area contributed by atoms with Crippen LogP contribution in [0.3, 0.4) is 0 Å². The maximum Gasteiger partial charge on any atom is 0.270 e. The van der Waals surface area contributed by atoms with Crippen LogP contribution in [0.25, 0.3) is 12.2 Å². The van der Waals surface area contributed by atoms with Gasteiger partial charge in [-0.3, -0.25) is 29.8 Å². The summed E-state index contributed by atoms with van der Waals surface area (Å²) in [6, 6.07) is 25.2. The van der Waals surface area contributed by atoms with Crippen LogP contribution in [0.1, 0.15) is 11.1 Å². The number of ether oxygens (including phenoxy) is 1. The number of anilines is 2. The van der Waals surface area contributed by atoms with Gasteiger partial charge in [0.2, 0.25) is 11.8 Å². The summed E-state index contributed by atoms with van der Waals surface area (Å²) in [5.41, 5.74) is 2.00. The van der Waals surface area contributed by atoms with E-state index in [4.69, 9.17) is 4.74 Å². The fourth-order valence-corrected chi connectivity index (χ4v) is 3.54. The Kier molecular flexibility index (Phi) is 8.93. The average Bonchev–Trinajstić information content (AvgIpc) is 2.97. The Morgan fingerprint density at radius 3 is 1.37 bits per heavy atom. The first-order valence-corrected chi connectivity index (χ1v) is 12.1. The SMILES string of the molecule is O=C(C=Cc1cccc([N+](=O)[O-])c1)Nc1ccc(Oc2ccc(NC(=O)C=Cc3cccc([N+](=O)[O-])c3)cc2)cc1. The molecule has 11 nitrogen and oxygen atoms in total. The van der Waals surface area contributed by atoms with Crippen LogP contribution in [-0.2, 0) is 9.59 Å². The quantitative estimate of drug-likeness (QED) is 0.128. The number of benzene rings is 4. The number of hydrogen-bond donors (Lipinski definition) is 2. The van der Waals surface area contributed by atoms with Gasteiger partial charge in [-0.1, -0.05) is 24.3 Å². The molecule has 0 fully saturated rings. The van der Waals surface area contributed by atoms with E-state index in [1.165, 1.54) is 48.6 Å². The zero-order valence-corrected chi connectivity index (χ0v) is 21.3. The van der Waals surface area contributed by atoms with E-state index in [9.17, 15) is 29.8 Å². The molecule has 41 heavy (non-hydrogen) atoms. The van der Waals surface area contributed by atoms with Crippen molar-refractivity contribution >= 4 is 46.7 Å². The van der Waals surface area contributed by atoms with Crippen LogP contribution in [0.2, 0.25) is 0 Å². The molecule has 0 saturated heterocycles. The van der Waals surface area contributed by atoms with Crippen molar-refractivity contribution in [2.75, 3.05) is 10.6 Å². The molecule has 0 aliphatic rings. The molecule has 0 atom stereocenters. The zero-order valence-electron chi connectivity index (χ0n) is 21.3. The lowest BCUT2D eigenvalue weighted by Gasteiger charge is -2.08. The van der Waals surface area contributed by atoms with Crippen molar-refractivity contribution < 1.29 is 24.2 Å². The van der Waals surface area contributed by atoms with Crippen molar-refractivity contribution in [3.05, 3.63) is 141 Å². The fourth-order valence-electron chi connectivity index (χ4n) is 3.54. The van der Waals surface area contributed by atoms with E-state index in [1.807, 2.05) is 0 Å². The molecule has 0 unspecified atom stereocenters. The van der Waals surface area contributed by atoms with Gasteiger partial charge < -0.3 is 15.4 Å². The molecule has 0 bridgehead atoms. The molecule has 11 heteroatoms. The van der Waals surface area contributed by atoms with E-state index in [-0.39, 0.29) is 11.4 Å². The summed E-state index contributed by atoms with van der Waals surface area (Å²) in [5.74, 6) is 0.240. The molecule has 4 rings (SSSR count). The molecule has 0 radical (unpaired) electrons. The van der Waals surface area contributed by atoms with Gasteiger partial charge >= 0.3 is 0 Å². The molecule has 204 valence electrons. The highest BCUT2D eigenvalue weighted by Crippen LogP contribution is 2.25. The highest BCUT2D eigenvalue weighted by molar-refractivity contribution is 6.02. The lowest BCUT2D eigenvalue weighted by atomic mass is 10.2. The van der Waals surface area contributed by atoms with Gasteiger partial charge in [0.1, 0.15) is 11.5 Å². The summed E-state index contributed by atoms with van der Waals surface area (Å²) in [6.45, 7) is 0. The van der Waals surface area contributed by atoms with Crippen LogP contribution in [0, 0.1) is 20.2 Å². The number of nitrogens with one attached hydrogen (secondary N) is 2. The largest absolute Gasteiger partial charge is 0.457 e. The topological polar surface area (TPSA) is 154 Å². The highest BCUT2D eigenvalue weighted by atomic mass is 16.6. The van der Waals surface area contributed by atoms with Crippen LogP contribution in [0.15, 0.2) is 109 Å². The molecule has 0 aliphatic carbocycles. The second kappa shape index (κ2) is 13.1. The second-order valence-electron chi connectivity index (χ2n) is 8.50. The minimum Gasteiger partial charge on any atom is -0.457 e. The molecule has 0 heterocycles. The molecular formula is C30H22N4O7. The zero-order chi connectivity index (χ0) is 29.2. The first kappa shape index (κ1) is 27.9. The van der Waals surface area contributed by atoms with E-state index in [2.05, 4.69) is 10.6 Å². The van der Waals surface area contributed by atoms with Crippen LogP contribution < -0.4 is 15.4 Å². The normalized spacial score (nSPS) is 10.8. The Labute approximate surface area is 233 Å². The average molecular weight is 551 g/mol. The number of rotatable bonds is 10. The summed E-state index contributed by atoms with van der Waals surface area (Å²) >= 11 is 0. The smallest absolute Gasteiger partial charge is 0.270 e. The number of nitro benzene ring substituents is 2. The van der Waals surface area contributed by atoms with Gasteiger partial charge in [-0.2, -0.15) is 0 Å². The third-order valence-electron chi connectivity index (χ3n) is 5.50. The van der Waals surface area contributed by atoms with Crippen molar-refractivity contribution in [3.63, 3.8) is 0 Å². The predicted molar refractivity (Wildman–Crippen MR) is 154 cm³/mol. The summed E-state index contributed by atoms with van der Waals surface area (Å²) < 4.78 is 5.81. The molecule has 0 saturated carbocycles. The molecule has 4 aromatic carbocycles. The van der Waals surface area contributed by atoms with Crippen molar-refractivity contribution in [2.45, 2.75) is 0 Å². The van der Waals surface area contributed by atoms with E-state index in [0.717, 1.165) is 0 Å². The van der Waals surface area contributed by atoms with Gasteiger partial charge in [-0.05, 0) is 71.8 Å². The Hall–Kier alpha value is -6.10. The second-order valence-corrected chi connectivity index (χ2v) is 8.50. The Morgan fingerprint density at radius 2 is 1.00 bits per heavy atom. The van der Waals surface area contributed by atoms with Gasteiger partial charge in [-0.25, -0.2) is 0 Å². The molecule has 0 aromatic heterocycles. The van der Waals surface area contributed by atoms with Gasteiger partial charge in [0, 0.05) is 47.8 Å². The lowest BCUT2D eigenvalue weighted by molar-refractivity contribution is -0.385. The third-order valence-corrected chi connectivity index (χ3v) is 5.50. The molecular weight excluding hydrogens is 528 g/mol. The Balaban J connectivity index is 1.27. The van der Waals surface area contributed by atoms with E-state index < -0.39 is 21.7 Å². The summed E-state index contributed by atoms with van der Waals surface area (Å²) in [7, 11) is 0. The molecule has 0 spiro atoms. The van der Waals surface area contributed by atoms with Gasteiger partial charge in [-0.15, -0.1) is 0 Å². The highest BCUT2D eigenvalue weighted by Gasteiger charge is 2.06. The molecule has 2 N–H and O–H groups in total. The molecule has 4 aromatic rings. The van der Waals surface area contributed by atoms with E-state index >= 15 is 0 Å². The van der Waals surface area contributed by atoms with Crippen LogP contribution in [0.4, 0.5) is 22.7 Å². The number of hydrogen-bond acceptors (Lipinski definition) is 7. The monoisotopic (exact) mass is 550 g/mol. The lowest BCUT2D eigenvalue weighted by Crippen LogP contribution is -2.07. The number of carbonyl (C=O) groups is 2. The van der Waals surface area contributed by atoms with Gasteiger partial charge in [0.15, 0.2) is 0 Å². The van der Waals surface area contributed by atoms with Gasteiger partial charge in [0.25, 0.3) is 11.4 Å². The minimum absolute atomic E-state index is 0.0600. The maximum absolute atomic E-state index is 12.2. The summed E-state index contributed by atoms with van der Waals surface area (Å²) in [6.07, 6.45) is 5.54. The molecule has 2 amide bonds. The van der Waals surface area contributed by atoms with E-state index in [1.54, 1.807) is 72.8 Å². The summed E-state index contributed by atoms with van der Waals surface area (Å²) in [4.78, 5) is 45.2. The van der Waals surface area contributed by atoms with Crippen molar-refractivity contribution in [3.8, 4) is 11.5 Å². The molecule has 0 aliphatic heterocycles. The van der Waals surface area contributed by atoms with Crippen LogP contribution in [-0.4, -0.2) is 21.7 Å². The number of non-ortho nitro benzene ring substituents is 2. The first-order chi connectivity index (χ1) is 19.7. The maximum atomic E-state index is 12.2. The Bertz CT molecular complexity index is 1520. The van der Waals surface area contributed by atoms with Crippen molar-refractivity contribution in [1.29, 1.82) is 0 Å². The number of amides is 2. The minimum atomic E-state index is -0.501. The predicted octanol–water partition coefficient (Wildman–Crippen LogP) is 6.60. The van der Waals surface area contributed by atoms with E-state index in [0.29, 0.717) is 34.0 Å². The van der Waals surface area contributed by atoms with Crippen molar-refractivity contribution in [2.24, 2.45) is 0 Å². The first-order valence-electron chi connectivity index (χ1n) is 12.1. The summed E-state index contributed by atoms with van der Waals surface area (Å²) in [5, 5.41) is 27.2. The fraction of sp³-hybridized carbons (Fsp3) is 0. The van der Waals surface area contributed by atoms with Crippen molar-refractivity contribution in [1.82, 2.24) is 0 Å². The third kappa shape index (κ3) is 8.45. The number of nitrogens with zero attached hydrogens (tertiary/aromatic N) is 2.